The van der Waals surface area contributed by atoms with E-state index in [0.29, 0.717) is 19.3 Å². The number of alkyl halides is 10. The minimum Gasteiger partial charge on any atom is -0.443 e. The van der Waals surface area contributed by atoms with E-state index in [4.69, 9.17) is 0 Å². The van der Waals surface area contributed by atoms with Gasteiger partial charge in [0.05, 0.1) is 5.92 Å². The van der Waals surface area contributed by atoms with Crippen LogP contribution in [0.1, 0.15) is 25.7 Å². The molecule has 3 aliphatic rings. The van der Waals surface area contributed by atoms with Gasteiger partial charge in [0.15, 0.2) is 0 Å². The number of aliphatic hydroxyl groups is 1. The van der Waals surface area contributed by atoms with Crippen LogP contribution in [0.15, 0.2) is 0 Å². The summed E-state index contributed by atoms with van der Waals surface area (Å²) in [6.07, 6.45) is -12.0. The Balaban J connectivity index is 0.000000739. The van der Waals surface area contributed by atoms with Crippen LogP contribution in [-0.4, -0.2) is 61.3 Å². The van der Waals surface area contributed by atoms with Crippen molar-refractivity contribution >= 4 is 14.0 Å². The molecule has 0 aromatic carbocycles. The molecule has 0 radical (unpaired) electrons. The van der Waals surface area contributed by atoms with Crippen LogP contribution in [0.3, 0.4) is 0 Å². The van der Waals surface area contributed by atoms with Gasteiger partial charge in [0, 0.05) is 8.07 Å². The molecule has 3 rings (SSSR count). The minimum atomic E-state index is -6.84. The third kappa shape index (κ3) is 4.67. The smallest absolute Gasteiger partial charge is 0.443 e. The Morgan fingerprint density at radius 2 is 1.47 bits per heavy atom. The molecule has 15 heteroatoms. The van der Waals surface area contributed by atoms with Crippen molar-refractivity contribution in [2.75, 3.05) is 6.61 Å². The van der Waals surface area contributed by atoms with E-state index in [1.165, 1.54) is 0 Å². The summed E-state index contributed by atoms with van der Waals surface area (Å²) >= 11 is 0. The average molecular weight is 536 g/mol. The maximum atomic E-state index is 14.5. The summed E-state index contributed by atoms with van der Waals surface area (Å²) in [4.78, 5) is 12.2. The fraction of sp³-hybridized carbons (Fsp3) is 0.947. The van der Waals surface area contributed by atoms with E-state index in [1.807, 2.05) is 0 Å². The van der Waals surface area contributed by atoms with Crippen LogP contribution in [0.25, 0.3) is 0 Å². The molecule has 1 N–H and O–H groups in total. The van der Waals surface area contributed by atoms with Gasteiger partial charge in [0.2, 0.25) is 0 Å². The van der Waals surface area contributed by atoms with Crippen LogP contribution >= 0.6 is 0 Å². The Bertz CT molecular complexity index is 773. The van der Waals surface area contributed by atoms with Crippen molar-refractivity contribution < 1.29 is 63.3 Å². The van der Waals surface area contributed by atoms with Gasteiger partial charge in [-0.05, 0) is 31.1 Å². The standard InChI is InChI=1S/C15H14F10O4.C4H12Si/c16-11(17)10(12(18,19)14(20,21)22,5-28-13(11,27)15(23,24)25)29-9(26)8-4-6-1-2-7(8)3-6;1-5(2,3)4/h6-8,27H,1-5H2;1-4H3. The van der Waals surface area contributed by atoms with Gasteiger partial charge < -0.3 is 14.6 Å². The summed E-state index contributed by atoms with van der Waals surface area (Å²) in [5.41, 5.74) is -5.44. The molecule has 0 aromatic rings. The fourth-order valence-electron chi connectivity index (χ4n) is 4.38. The highest BCUT2D eigenvalue weighted by Crippen LogP contribution is 2.62. The zero-order valence-electron chi connectivity index (χ0n) is 18.7. The fourth-order valence-corrected chi connectivity index (χ4v) is 4.38. The Morgan fingerprint density at radius 3 is 1.79 bits per heavy atom. The van der Waals surface area contributed by atoms with E-state index in [9.17, 15) is 53.8 Å². The second-order valence-electron chi connectivity index (χ2n) is 10.6. The second-order valence-corrected chi connectivity index (χ2v) is 16.6. The number of carbonyl (C=O) groups excluding carboxylic acids is 1. The number of esters is 1. The zero-order chi connectivity index (χ0) is 26.8. The number of fused-ring (bicyclic) bond motifs is 2. The topological polar surface area (TPSA) is 55.8 Å². The highest BCUT2D eigenvalue weighted by atomic mass is 28.3. The Hall–Kier alpha value is -1.09. The van der Waals surface area contributed by atoms with Crippen LogP contribution in [0.4, 0.5) is 43.9 Å². The lowest BCUT2D eigenvalue weighted by Gasteiger charge is -2.42. The molecule has 1 saturated heterocycles. The molecule has 2 aliphatic carbocycles. The van der Waals surface area contributed by atoms with Crippen molar-refractivity contribution in [1.29, 1.82) is 0 Å². The number of halogens is 10. The first kappa shape index (κ1) is 29.1. The van der Waals surface area contributed by atoms with E-state index < -0.39 is 68.1 Å². The Labute approximate surface area is 190 Å². The molecule has 4 nitrogen and oxygen atoms in total. The number of hydrogen-bond acceptors (Lipinski definition) is 4. The molecular formula is C19H26F10O4Si. The molecule has 2 saturated carbocycles. The van der Waals surface area contributed by atoms with E-state index in [-0.39, 0.29) is 12.3 Å². The second kappa shape index (κ2) is 8.49. The lowest BCUT2D eigenvalue weighted by molar-refractivity contribution is -0.428. The predicted octanol–water partition coefficient (Wildman–Crippen LogP) is 5.77. The number of hydrogen-bond donors (Lipinski definition) is 1. The van der Waals surface area contributed by atoms with Crippen LogP contribution < -0.4 is 0 Å². The van der Waals surface area contributed by atoms with Gasteiger partial charge in [-0.15, -0.1) is 0 Å². The summed E-state index contributed by atoms with van der Waals surface area (Å²) in [6, 6.07) is 0. The molecular weight excluding hydrogens is 510 g/mol. The minimum absolute atomic E-state index is 0.0346. The van der Waals surface area contributed by atoms with E-state index >= 15 is 0 Å². The lowest BCUT2D eigenvalue weighted by Crippen LogP contribution is -2.73. The van der Waals surface area contributed by atoms with Crippen LogP contribution in [0.5, 0.6) is 0 Å². The maximum absolute atomic E-state index is 14.5. The summed E-state index contributed by atoms with van der Waals surface area (Å²) in [5.74, 6) is -22.6. The maximum Gasteiger partial charge on any atom is 0.458 e. The van der Waals surface area contributed by atoms with Gasteiger partial charge in [0.25, 0.3) is 5.60 Å². The van der Waals surface area contributed by atoms with Gasteiger partial charge in [0.1, 0.15) is 6.61 Å². The van der Waals surface area contributed by atoms with Gasteiger partial charge in [-0.3, -0.25) is 4.79 Å². The third-order valence-electron chi connectivity index (χ3n) is 5.98. The molecule has 34 heavy (non-hydrogen) atoms. The van der Waals surface area contributed by atoms with Crippen molar-refractivity contribution in [2.24, 2.45) is 17.8 Å². The molecule has 1 aliphatic heterocycles. The molecule has 2 bridgehead atoms. The van der Waals surface area contributed by atoms with Crippen molar-refractivity contribution in [2.45, 2.75) is 87.5 Å². The van der Waals surface area contributed by atoms with Crippen LogP contribution in [-0.2, 0) is 14.3 Å². The molecule has 0 amide bonds. The quantitative estimate of drug-likeness (QED) is 0.283. The molecule has 1 heterocycles. The molecule has 5 unspecified atom stereocenters. The van der Waals surface area contributed by atoms with E-state index in [2.05, 4.69) is 35.7 Å². The molecule has 5 atom stereocenters. The van der Waals surface area contributed by atoms with Gasteiger partial charge in [-0.2, -0.15) is 43.9 Å². The van der Waals surface area contributed by atoms with Gasteiger partial charge in [-0.1, -0.05) is 32.6 Å². The normalized spacial score (nSPS) is 35.7. The van der Waals surface area contributed by atoms with Crippen LogP contribution in [0, 0.1) is 17.8 Å². The van der Waals surface area contributed by atoms with E-state index in [1.54, 1.807) is 0 Å². The zero-order valence-corrected chi connectivity index (χ0v) is 19.7. The molecule has 3 fully saturated rings. The highest BCUT2D eigenvalue weighted by Gasteiger charge is 2.93. The summed E-state index contributed by atoms with van der Waals surface area (Å²) in [5, 5.41) is 9.21. The van der Waals surface area contributed by atoms with E-state index in [0.717, 1.165) is 0 Å². The first-order valence-corrected chi connectivity index (χ1v) is 14.4. The third-order valence-corrected chi connectivity index (χ3v) is 5.98. The Kier molecular flexibility index (Phi) is 7.28. The number of ether oxygens (including phenoxy) is 2. The Morgan fingerprint density at radius 1 is 0.971 bits per heavy atom. The monoisotopic (exact) mass is 536 g/mol. The van der Waals surface area contributed by atoms with Crippen molar-refractivity contribution in [1.82, 2.24) is 0 Å². The number of carbonyl (C=O) groups is 1. The summed E-state index contributed by atoms with van der Waals surface area (Å²) < 4.78 is 142. The molecule has 200 valence electrons. The predicted molar refractivity (Wildman–Crippen MR) is 99.9 cm³/mol. The van der Waals surface area contributed by atoms with Crippen LogP contribution in [0.2, 0.25) is 26.2 Å². The molecule has 0 aromatic heterocycles. The highest BCUT2D eigenvalue weighted by molar-refractivity contribution is 6.74. The average Bonchev–Trinajstić information content (AvgIpc) is 3.28. The van der Waals surface area contributed by atoms with Gasteiger partial charge >= 0.3 is 36.0 Å². The van der Waals surface area contributed by atoms with Crippen molar-refractivity contribution in [3.05, 3.63) is 0 Å². The van der Waals surface area contributed by atoms with Crippen molar-refractivity contribution in [3.63, 3.8) is 0 Å². The van der Waals surface area contributed by atoms with Crippen molar-refractivity contribution in [3.8, 4) is 0 Å². The van der Waals surface area contributed by atoms with Gasteiger partial charge in [-0.25, -0.2) is 0 Å². The summed E-state index contributed by atoms with van der Waals surface area (Å²) in [6.45, 7) is 6.58. The lowest BCUT2D eigenvalue weighted by atomic mass is 9.84. The SMILES string of the molecule is C[Si](C)(C)C.O=C(OC1(C(F)(F)C(F)(F)F)COC(O)(C(F)(F)F)C1(F)F)C1CC2CCC1C2. The first-order chi connectivity index (χ1) is 14.9. The summed E-state index contributed by atoms with van der Waals surface area (Å²) in [7, 11) is -0.611. The number of rotatable bonds is 3. The molecule has 0 spiro atoms. The largest absolute Gasteiger partial charge is 0.458 e. The first-order valence-electron chi connectivity index (χ1n) is 10.4.